The molecule has 14 heavy (non-hydrogen) atoms. The lowest BCUT2D eigenvalue weighted by Crippen LogP contribution is -2.26. The third-order valence-corrected chi connectivity index (χ3v) is 2.29. The number of Topliss-reactive ketones (excluding diaryl/α,β-unsaturated/α-hetero) is 1. The molecule has 78 valence electrons. The van der Waals surface area contributed by atoms with Crippen molar-refractivity contribution in [2.45, 2.75) is 32.6 Å². The number of allylic oxidation sites excluding steroid dienone is 2. The van der Waals surface area contributed by atoms with Crippen molar-refractivity contribution in [1.29, 1.82) is 0 Å². The van der Waals surface area contributed by atoms with Crippen LogP contribution in [-0.4, -0.2) is 18.4 Å². The Kier molecular flexibility index (Phi) is 4.36. The van der Waals surface area contributed by atoms with Crippen molar-refractivity contribution in [3.8, 4) is 0 Å². The van der Waals surface area contributed by atoms with Gasteiger partial charge in [0.1, 0.15) is 11.7 Å². The lowest BCUT2D eigenvalue weighted by atomic mass is 9.93. The SMILES string of the molecule is CCOC(=O)C1C/C=C\CCCC1=O. The number of hydrogen-bond donors (Lipinski definition) is 0. The van der Waals surface area contributed by atoms with Crippen molar-refractivity contribution in [3.05, 3.63) is 12.2 Å². The normalized spacial score (nSPS) is 24.9. The van der Waals surface area contributed by atoms with Gasteiger partial charge >= 0.3 is 5.97 Å². The summed E-state index contributed by atoms with van der Waals surface area (Å²) >= 11 is 0. The molecule has 0 fully saturated rings. The second-order valence-electron chi connectivity index (χ2n) is 3.37. The van der Waals surface area contributed by atoms with Crippen LogP contribution in [0.25, 0.3) is 0 Å². The molecule has 1 aliphatic rings. The smallest absolute Gasteiger partial charge is 0.316 e. The molecule has 1 rings (SSSR count). The molecule has 0 amide bonds. The van der Waals surface area contributed by atoms with Crippen LogP contribution in [0.1, 0.15) is 32.6 Å². The molecule has 0 spiro atoms. The van der Waals surface area contributed by atoms with Gasteiger partial charge in [-0.25, -0.2) is 0 Å². The van der Waals surface area contributed by atoms with E-state index < -0.39 is 5.92 Å². The van der Waals surface area contributed by atoms with Crippen LogP contribution in [0.4, 0.5) is 0 Å². The minimum atomic E-state index is -0.563. The van der Waals surface area contributed by atoms with Crippen molar-refractivity contribution in [2.24, 2.45) is 5.92 Å². The largest absolute Gasteiger partial charge is 0.465 e. The highest BCUT2D eigenvalue weighted by atomic mass is 16.5. The fraction of sp³-hybridized carbons (Fsp3) is 0.636. The van der Waals surface area contributed by atoms with Crippen molar-refractivity contribution >= 4 is 11.8 Å². The van der Waals surface area contributed by atoms with Crippen LogP contribution < -0.4 is 0 Å². The Hall–Kier alpha value is -1.12. The molecule has 3 heteroatoms. The van der Waals surface area contributed by atoms with Crippen molar-refractivity contribution in [2.75, 3.05) is 6.61 Å². The van der Waals surface area contributed by atoms with Crippen LogP contribution >= 0.6 is 0 Å². The lowest BCUT2D eigenvalue weighted by Gasteiger charge is -2.13. The van der Waals surface area contributed by atoms with Gasteiger partial charge in [0.25, 0.3) is 0 Å². The van der Waals surface area contributed by atoms with Gasteiger partial charge < -0.3 is 4.74 Å². The Morgan fingerprint density at radius 3 is 3.07 bits per heavy atom. The standard InChI is InChI=1S/C11H16O3/c1-2-14-11(13)9-7-5-3-4-6-8-10(9)12/h3,5,9H,2,4,6-8H2,1H3/b5-3-. The molecule has 0 N–H and O–H groups in total. The topological polar surface area (TPSA) is 43.4 Å². The maximum atomic E-state index is 11.5. The van der Waals surface area contributed by atoms with E-state index in [4.69, 9.17) is 4.74 Å². The molecular formula is C11H16O3. The highest BCUT2D eigenvalue weighted by Gasteiger charge is 2.26. The number of ketones is 1. The Labute approximate surface area is 84.1 Å². The van der Waals surface area contributed by atoms with E-state index in [1.807, 2.05) is 12.2 Å². The Morgan fingerprint density at radius 2 is 2.36 bits per heavy atom. The molecule has 0 saturated carbocycles. The highest BCUT2D eigenvalue weighted by Crippen LogP contribution is 2.16. The fourth-order valence-corrected chi connectivity index (χ4v) is 1.52. The van der Waals surface area contributed by atoms with Gasteiger partial charge in [0.15, 0.2) is 0 Å². The second kappa shape index (κ2) is 5.58. The average Bonchev–Trinajstić information content (AvgIpc) is 2.12. The maximum absolute atomic E-state index is 11.5. The summed E-state index contributed by atoms with van der Waals surface area (Å²) in [6, 6.07) is 0. The van der Waals surface area contributed by atoms with Gasteiger partial charge in [-0.2, -0.15) is 0 Å². The van der Waals surface area contributed by atoms with Gasteiger partial charge in [-0.15, -0.1) is 0 Å². The van der Waals surface area contributed by atoms with E-state index in [-0.39, 0.29) is 11.8 Å². The second-order valence-corrected chi connectivity index (χ2v) is 3.37. The molecule has 3 nitrogen and oxygen atoms in total. The fourth-order valence-electron chi connectivity index (χ4n) is 1.52. The first-order chi connectivity index (χ1) is 6.75. The van der Waals surface area contributed by atoms with Gasteiger partial charge in [-0.3, -0.25) is 9.59 Å². The molecule has 0 bridgehead atoms. The van der Waals surface area contributed by atoms with Gasteiger partial charge in [0.2, 0.25) is 0 Å². The zero-order chi connectivity index (χ0) is 10.4. The van der Waals surface area contributed by atoms with Gasteiger partial charge in [-0.1, -0.05) is 12.2 Å². The van der Waals surface area contributed by atoms with E-state index in [1.54, 1.807) is 6.92 Å². The molecule has 0 aromatic carbocycles. The summed E-state index contributed by atoms with van der Waals surface area (Å²) in [6.45, 7) is 2.09. The minimum absolute atomic E-state index is 0.0211. The highest BCUT2D eigenvalue weighted by molar-refractivity contribution is 5.99. The van der Waals surface area contributed by atoms with Gasteiger partial charge in [0, 0.05) is 6.42 Å². The molecule has 0 radical (unpaired) electrons. The Balaban J connectivity index is 2.62. The van der Waals surface area contributed by atoms with Crippen LogP contribution in [0.5, 0.6) is 0 Å². The van der Waals surface area contributed by atoms with Crippen LogP contribution in [-0.2, 0) is 14.3 Å². The summed E-state index contributed by atoms with van der Waals surface area (Å²) in [6.07, 6.45) is 6.69. The number of esters is 1. The molecule has 1 unspecified atom stereocenters. The third-order valence-electron chi connectivity index (χ3n) is 2.29. The van der Waals surface area contributed by atoms with E-state index in [1.165, 1.54) is 0 Å². The minimum Gasteiger partial charge on any atom is -0.465 e. The summed E-state index contributed by atoms with van der Waals surface area (Å²) in [5, 5.41) is 0. The lowest BCUT2D eigenvalue weighted by molar-refractivity contribution is -0.151. The number of carbonyl (C=O) groups excluding carboxylic acids is 2. The Morgan fingerprint density at radius 1 is 1.57 bits per heavy atom. The van der Waals surface area contributed by atoms with E-state index >= 15 is 0 Å². The van der Waals surface area contributed by atoms with Crippen LogP contribution in [0.15, 0.2) is 12.2 Å². The summed E-state index contributed by atoms with van der Waals surface area (Å²) in [5.74, 6) is -0.914. The van der Waals surface area contributed by atoms with Crippen LogP contribution in [0.3, 0.4) is 0 Å². The predicted octanol–water partition coefficient (Wildman–Crippen LogP) is 1.86. The maximum Gasteiger partial charge on any atom is 0.316 e. The molecule has 1 aliphatic carbocycles. The molecular weight excluding hydrogens is 180 g/mol. The number of hydrogen-bond acceptors (Lipinski definition) is 3. The van der Waals surface area contributed by atoms with Crippen molar-refractivity contribution < 1.29 is 14.3 Å². The monoisotopic (exact) mass is 196 g/mol. The van der Waals surface area contributed by atoms with Crippen LogP contribution in [0.2, 0.25) is 0 Å². The molecule has 0 aromatic rings. The van der Waals surface area contributed by atoms with Gasteiger partial charge in [0.05, 0.1) is 6.61 Å². The predicted molar refractivity (Wildman–Crippen MR) is 52.7 cm³/mol. The number of carbonyl (C=O) groups is 2. The molecule has 0 saturated heterocycles. The van der Waals surface area contributed by atoms with Crippen molar-refractivity contribution in [3.63, 3.8) is 0 Å². The van der Waals surface area contributed by atoms with Crippen molar-refractivity contribution in [1.82, 2.24) is 0 Å². The van der Waals surface area contributed by atoms with E-state index in [0.717, 1.165) is 12.8 Å². The van der Waals surface area contributed by atoms with Crippen LogP contribution in [0, 0.1) is 5.92 Å². The van der Waals surface area contributed by atoms with E-state index in [0.29, 0.717) is 19.4 Å². The summed E-state index contributed by atoms with van der Waals surface area (Å²) in [5.41, 5.74) is 0. The van der Waals surface area contributed by atoms with E-state index in [9.17, 15) is 9.59 Å². The number of ether oxygens (including phenoxy) is 1. The molecule has 1 atom stereocenters. The first kappa shape index (κ1) is 11.0. The van der Waals surface area contributed by atoms with Gasteiger partial charge in [-0.05, 0) is 26.2 Å². The molecule has 0 aromatic heterocycles. The average molecular weight is 196 g/mol. The third kappa shape index (κ3) is 2.98. The molecule has 0 aliphatic heterocycles. The van der Waals surface area contributed by atoms with E-state index in [2.05, 4.69) is 0 Å². The molecule has 0 heterocycles. The first-order valence-corrected chi connectivity index (χ1v) is 5.10. The Bertz CT molecular complexity index is 243. The summed E-state index contributed by atoms with van der Waals surface area (Å²) in [4.78, 5) is 22.9. The summed E-state index contributed by atoms with van der Waals surface area (Å²) < 4.78 is 4.85. The number of rotatable bonds is 2. The zero-order valence-corrected chi connectivity index (χ0v) is 8.49. The quantitative estimate of drug-likeness (QED) is 0.384. The first-order valence-electron chi connectivity index (χ1n) is 5.10. The zero-order valence-electron chi connectivity index (χ0n) is 8.49. The summed E-state index contributed by atoms with van der Waals surface area (Å²) in [7, 11) is 0.